The van der Waals surface area contributed by atoms with Crippen molar-refractivity contribution in [1.29, 1.82) is 0 Å². The molecule has 0 saturated carbocycles. The molecular formula is C19H25N5O4. The van der Waals surface area contributed by atoms with Gasteiger partial charge < -0.3 is 15.4 Å². The summed E-state index contributed by atoms with van der Waals surface area (Å²) in [5.74, 6) is -0.606. The number of nitrogens with zero attached hydrogens (tertiary/aromatic N) is 3. The lowest BCUT2D eigenvalue weighted by atomic mass is 10.1. The molecule has 0 bridgehead atoms. The van der Waals surface area contributed by atoms with Gasteiger partial charge in [-0.15, -0.1) is 0 Å². The molecule has 150 valence electrons. The molecule has 9 heteroatoms. The monoisotopic (exact) mass is 387 g/mol. The van der Waals surface area contributed by atoms with Crippen molar-refractivity contribution in [2.75, 3.05) is 51.8 Å². The zero-order chi connectivity index (χ0) is 19.9. The number of rotatable bonds is 6. The fourth-order valence-electron chi connectivity index (χ4n) is 3.00. The number of carbonyl (C=O) groups is 3. The SMILES string of the molecule is CN1N=C(C(=O)Nc2ccc(C(=O)NCCN3CCOCC3)cc2)CCC1=O. The molecule has 9 nitrogen and oxygen atoms in total. The predicted molar refractivity (Wildman–Crippen MR) is 104 cm³/mol. The Hall–Kier alpha value is -2.78. The van der Waals surface area contributed by atoms with Crippen LogP contribution in [-0.4, -0.2) is 79.8 Å². The first-order valence-corrected chi connectivity index (χ1v) is 9.36. The minimum atomic E-state index is -0.345. The van der Waals surface area contributed by atoms with E-state index in [1.165, 1.54) is 12.1 Å². The van der Waals surface area contributed by atoms with E-state index < -0.39 is 0 Å². The number of hydrazone groups is 1. The largest absolute Gasteiger partial charge is 0.379 e. The molecule has 28 heavy (non-hydrogen) atoms. The van der Waals surface area contributed by atoms with E-state index in [1.807, 2.05) is 0 Å². The predicted octanol–water partition coefficient (Wildman–Crippen LogP) is 0.295. The Labute approximate surface area is 163 Å². The molecule has 2 N–H and O–H groups in total. The third kappa shape index (κ3) is 5.37. The second-order valence-corrected chi connectivity index (χ2v) is 6.71. The molecule has 1 saturated heterocycles. The number of amides is 3. The molecule has 0 unspecified atom stereocenters. The summed E-state index contributed by atoms with van der Waals surface area (Å²) in [6.07, 6.45) is 0.588. The molecule has 0 spiro atoms. The molecule has 0 atom stereocenters. The molecule has 3 rings (SSSR count). The normalized spacial score (nSPS) is 17.8. The molecule has 0 aromatic heterocycles. The quantitative estimate of drug-likeness (QED) is 0.731. The maximum Gasteiger partial charge on any atom is 0.271 e. The molecule has 2 heterocycles. The fourth-order valence-corrected chi connectivity index (χ4v) is 3.00. The third-order valence-electron chi connectivity index (χ3n) is 4.69. The lowest BCUT2D eigenvalue weighted by Gasteiger charge is -2.26. The summed E-state index contributed by atoms with van der Waals surface area (Å²) >= 11 is 0. The van der Waals surface area contributed by atoms with Crippen molar-refractivity contribution in [2.24, 2.45) is 5.10 Å². The van der Waals surface area contributed by atoms with E-state index in [-0.39, 0.29) is 24.1 Å². The number of anilines is 1. The summed E-state index contributed by atoms with van der Waals surface area (Å²) in [4.78, 5) is 38.2. The van der Waals surface area contributed by atoms with Crippen LogP contribution in [0.1, 0.15) is 23.2 Å². The highest BCUT2D eigenvalue weighted by molar-refractivity contribution is 6.43. The van der Waals surface area contributed by atoms with Gasteiger partial charge in [-0.05, 0) is 24.3 Å². The van der Waals surface area contributed by atoms with Gasteiger partial charge in [-0.1, -0.05) is 0 Å². The van der Waals surface area contributed by atoms with Gasteiger partial charge in [0.1, 0.15) is 5.71 Å². The second-order valence-electron chi connectivity index (χ2n) is 6.71. The molecule has 0 radical (unpaired) electrons. The Kier molecular flexibility index (Phi) is 6.72. The number of nitrogens with one attached hydrogen (secondary N) is 2. The zero-order valence-corrected chi connectivity index (χ0v) is 15.9. The first-order valence-electron chi connectivity index (χ1n) is 9.36. The second kappa shape index (κ2) is 9.43. The van der Waals surface area contributed by atoms with E-state index in [2.05, 4.69) is 20.6 Å². The van der Waals surface area contributed by atoms with Crippen molar-refractivity contribution in [3.8, 4) is 0 Å². The topological polar surface area (TPSA) is 103 Å². The first kappa shape index (κ1) is 20.0. The van der Waals surface area contributed by atoms with E-state index in [4.69, 9.17) is 4.74 Å². The van der Waals surface area contributed by atoms with Gasteiger partial charge in [0, 0.05) is 57.3 Å². The lowest BCUT2D eigenvalue weighted by molar-refractivity contribution is -0.130. The molecule has 1 aromatic carbocycles. The van der Waals surface area contributed by atoms with Crippen LogP contribution in [0.4, 0.5) is 5.69 Å². The van der Waals surface area contributed by atoms with Crippen LogP contribution in [-0.2, 0) is 14.3 Å². The summed E-state index contributed by atoms with van der Waals surface area (Å²) < 4.78 is 5.30. The molecular weight excluding hydrogens is 362 g/mol. The highest BCUT2D eigenvalue weighted by atomic mass is 16.5. The summed E-state index contributed by atoms with van der Waals surface area (Å²) in [5, 5.41) is 10.8. The highest BCUT2D eigenvalue weighted by Crippen LogP contribution is 2.12. The van der Waals surface area contributed by atoms with Crippen LogP contribution >= 0.6 is 0 Å². The van der Waals surface area contributed by atoms with Gasteiger partial charge in [-0.3, -0.25) is 19.3 Å². The Bertz CT molecular complexity index is 756. The van der Waals surface area contributed by atoms with Gasteiger partial charge in [0.05, 0.1) is 13.2 Å². The Morgan fingerprint density at radius 3 is 2.50 bits per heavy atom. The number of hydrogen-bond donors (Lipinski definition) is 2. The number of ether oxygens (including phenoxy) is 1. The van der Waals surface area contributed by atoms with E-state index in [1.54, 1.807) is 24.3 Å². The average Bonchev–Trinajstić information content (AvgIpc) is 2.71. The van der Waals surface area contributed by atoms with Crippen molar-refractivity contribution >= 4 is 29.1 Å². The third-order valence-corrected chi connectivity index (χ3v) is 4.69. The van der Waals surface area contributed by atoms with E-state index in [9.17, 15) is 14.4 Å². The van der Waals surface area contributed by atoms with Crippen molar-refractivity contribution < 1.29 is 19.1 Å². The van der Waals surface area contributed by atoms with Gasteiger partial charge in [0.25, 0.3) is 11.8 Å². The van der Waals surface area contributed by atoms with Crippen molar-refractivity contribution in [3.63, 3.8) is 0 Å². The van der Waals surface area contributed by atoms with Gasteiger partial charge in [0.2, 0.25) is 5.91 Å². The smallest absolute Gasteiger partial charge is 0.271 e. The molecule has 2 aliphatic rings. The van der Waals surface area contributed by atoms with E-state index in [0.717, 1.165) is 32.8 Å². The Morgan fingerprint density at radius 1 is 1.11 bits per heavy atom. The van der Waals surface area contributed by atoms with Crippen molar-refractivity contribution in [2.45, 2.75) is 12.8 Å². The summed E-state index contributed by atoms with van der Waals surface area (Å²) in [7, 11) is 1.53. The van der Waals surface area contributed by atoms with Gasteiger partial charge >= 0.3 is 0 Å². The zero-order valence-electron chi connectivity index (χ0n) is 15.9. The molecule has 1 aromatic rings. The average molecular weight is 387 g/mol. The maximum atomic E-state index is 12.3. The fraction of sp³-hybridized carbons (Fsp3) is 0.474. The van der Waals surface area contributed by atoms with Crippen molar-refractivity contribution in [3.05, 3.63) is 29.8 Å². The van der Waals surface area contributed by atoms with Crippen LogP contribution in [0.3, 0.4) is 0 Å². The van der Waals surface area contributed by atoms with Crippen LogP contribution in [0.25, 0.3) is 0 Å². The van der Waals surface area contributed by atoms with Crippen molar-refractivity contribution in [1.82, 2.24) is 15.2 Å². The number of benzene rings is 1. The summed E-state index contributed by atoms with van der Waals surface area (Å²) in [6, 6.07) is 6.68. The molecule has 0 aliphatic carbocycles. The van der Waals surface area contributed by atoms with Crippen LogP contribution in [0.15, 0.2) is 29.4 Å². The van der Waals surface area contributed by atoms with Crippen LogP contribution in [0.5, 0.6) is 0 Å². The lowest BCUT2D eigenvalue weighted by Crippen LogP contribution is -2.41. The minimum Gasteiger partial charge on any atom is -0.379 e. The first-order chi connectivity index (χ1) is 13.5. The number of morpholine rings is 1. The standard InChI is InChI=1S/C19H25N5O4/c1-23-17(25)7-6-16(22-23)19(27)21-15-4-2-14(3-5-15)18(26)20-8-9-24-10-12-28-13-11-24/h2-5H,6-13H2,1H3,(H,20,26)(H,21,27). The Morgan fingerprint density at radius 2 is 1.82 bits per heavy atom. The van der Waals surface area contributed by atoms with E-state index >= 15 is 0 Å². The minimum absolute atomic E-state index is 0.111. The Balaban J connectivity index is 1.47. The maximum absolute atomic E-state index is 12.3. The van der Waals surface area contributed by atoms with Gasteiger partial charge in [-0.2, -0.15) is 5.10 Å². The highest BCUT2D eigenvalue weighted by Gasteiger charge is 2.22. The van der Waals surface area contributed by atoms with Crippen LogP contribution < -0.4 is 10.6 Å². The molecule has 1 fully saturated rings. The number of hydrogen-bond acceptors (Lipinski definition) is 6. The van der Waals surface area contributed by atoms with Gasteiger partial charge in [-0.25, -0.2) is 5.01 Å². The molecule has 3 amide bonds. The summed E-state index contributed by atoms with van der Waals surface area (Å²) in [6.45, 7) is 4.62. The van der Waals surface area contributed by atoms with Crippen LogP contribution in [0.2, 0.25) is 0 Å². The van der Waals surface area contributed by atoms with Crippen LogP contribution in [0, 0.1) is 0 Å². The molecule has 2 aliphatic heterocycles. The van der Waals surface area contributed by atoms with Gasteiger partial charge in [0.15, 0.2) is 0 Å². The van der Waals surface area contributed by atoms with E-state index in [0.29, 0.717) is 29.9 Å². The summed E-state index contributed by atoms with van der Waals surface area (Å²) in [5.41, 5.74) is 1.41. The number of carbonyl (C=O) groups excluding carboxylic acids is 3.